The second-order valence-electron chi connectivity index (χ2n) is 7.12. The number of carbonyl (C=O) groups is 1. The molecule has 146 valence electrons. The summed E-state index contributed by atoms with van der Waals surface area (Å²) in [5.41, 5.74) is 3.32. The number of amides is 1. The molecule has 0 spiro atoms. The molecule has 0 aliphatic carbocycles. The second kappa shape index (κ2) is 10.0. The van der Waals surface area contributed by atoms with Crippen LogP contribution in [-0.4, -0.2) is 25.2 Å². The van der Waals surface area contributed by atoms with E-state index in [2.05, 4.69) is 25.2 Å². The highest BCUT2D eigenvalue weighted by molar-refractivity contribution is 5.81. The molecule has 0 radical (unpaired) electrons. The highest BCUT2D eigenvalue weighted by Crippen LogP contribution is 2.25. The van der Waals surface area contributed by atoms with E-state index in [-0.39, 0.29) is 5.91 Å². The summed E-state index contributed by atoms with van der Waals surface area (Å²) in [6.45, 7) is 11.1. The van der Waals surface area contributed by atoms with Crippen molar-refractivity contribution in [1.29, 1.82) is 0 Å². The van der Waals surface area contributed by atoms with Gasteiger partial charge in [-0.05, 0) is 55.0 Å². The number of para-hydroxylation sites is 1. The number of aryl methyl sites for hydroxylation is 2. The Labute approximate surface area is 162 Å². The molecule has 0 heterocycles. The SMILES string of the molecule is CCC(Oc1cc(C)ccc1C)C(=O)NCCOc1ccccc1C(C)C. The molecule has 0 saturated heterocycles. The molecule has 0 bridgehead atoms. The normalized spacial score (nSPS) is 11.9. The Morgan fingerprint density at radius 2 is 1.81 bits per heavy atom. The van der Waals surface area contributed by atoms with Gasteiger partial charge in [-0.25, -0.2) is 0 Å². The highest BCUT2D eigenvalue weighted by atomic mass is 16.5. The second-order valence-corrected chi connectivity index (χ2v) is 7.12. The van der Waals surface area contributed by atoms with Crippen molar-refractivity contribution in [2.45, 2.75) is 53.1 Å². The van der Waals surface area contributed by atoms with Crippen LogP contribution < -0.4 is 14.8 Å². The number of carbonyl (C=O) groups excluding carboxylic acids is 1. The molecule has 0 aliphatic rings. The van der Waals surface area contributed by atoms with E-state index in [0.29, 0.717) is 25.5 Å². The summed E-state index contributed by atoms with van der Waals surface area (Å²) in [7, 11) is 0. The first-order valence-electron chi connectivity index (χ1n) is 9.65. The Morgan fingerprint density at radius 3 is 2.52 bits per heavy atom. The average Bonchev–Trinajstić information content (AvgIpc) is 2.65. The van der Waals surface area contributed by atoms with Crippen LogP contribution in [0.1, 0.15) is 49.8 Å². The Balaban J connectivity index is 1.86. The fraction of sp³-hybridized carbons (Fsp3) is 0.435. The van der Waals surface area contributed by atoms with E-state index < -0.39 is 6.10 Å². The first-order chi connectivity index (χ1) is 12.9. The van der Waals surface area contributed by atoms with Crippen molar-refractivity contribution in [1.82, 2.24) is 5.32 Å². The highest BCUT2D eigenvalue weighted by Gasteiger charge is 2.19. The van der Waals surface area contributed by atoms with Gasteiger partial charge < -0.3 is 14.8 Å². The monoisotopic (exact) mass is 369 g/mol. The summed E-state index contributed by atoms with van der Waals surface area (Å²) >= 11 is 0. The number of hydrogen-bond acceptors (Lipinski definition) is 3. The Hall–Kier alpha value is -2.49. The van der Waals surface area contributed by atoms with Crippen molar-refractivity contribution in [2.24, 2.45) is 0 Å². The predicted molar refractivity (Wildman–Crippen MR) is 110 cm³/mol. The van der Waals surface area contributed by atoms with Crippen molar-refractivity contribution in [2.75, 3.05) is 13.2 Å². The lowest BCUT2D eigenvalue weighted by Gasteiger charge is -2.19. The van der Waals surface area contributed by atoms with E-state index in [0.717, 1.165) is 22.6 Å². The lowest BCUT2D eigenvalue weighted by Crippen LogP contribution is -2.39. The van der Waals surface area contributed by atoms with Gasteiger partial charge in [0.15, 0.2) is 6.10 Å². The van der Waals surface area contributed by atoms with Crippen LogP contribution in [0.2, 0.25) is 0 Å². The first-order valence-corrected chi connectivity index (χ1v) is 9.65. The van der Waals surface area contributed by atoms with E-state index in [1.165, 1.54) is 5.56 Å². The fourth-order valence-corrected chi connectivity index (χ4v) is 2.85. The van der Waals surface area contributed by atoms with Crippen molar-refractivity contribution in [3.63, 3.8) is 0 Å². The van der Waals surface area contributed by atoms with Crippen molar-refractivity contribution in [3.8, 4) is 11.5 Å². The minimum Gasteiger partial charge on any atom is -0.491 e. The molecule has 4 nitrogen and oxygen atoms in total. The van der Waals surface area contributed by atoms with Gasteiger partial charge in [0.2, 0.25) is 0 Å². The maximum atomic E-state index is 12.5. The molecule has 0 saturated carbocycles. The van der Waals surface area contributed by atoms with E-state index in [9.17, 15) is 4.79 Å². The van der Waals surface area contributed by atoms with Gasteiger partial charge >= 0.3 is 0 Å². The molecule has 2 rings (SSSR count). The van der Waals surface area contributed by atoms with Crippen LogP contribution in [0.15, 0.2) is 42.5 Å². The van der Waals surface area contributed by atoms with E-state index in [1.807, 2.05) is 57.2 Å². The van der Waals surface area contributed by atoms with Crippen molar-refractivity contribution >= 4 is 5.91 Å². The third-order valence-electron chi connectivity index (χ3n) is 4.48. The van der Waals surface area contributed by atoms with Crippen LogP contribution in [0.25, 0.3) is 0 Å². The first kappa shape index (κ1) is 20.8. The number of ether oxygens (including phenoxy) is 2. The molecule has 1 amide bonds. The third kappa shape index (κ3) is 6.02. The topological polar surface area (TPSA) is 47.6 Å². The molecule has 1 atom stereocenters. The van der Waals surface area contributed by atoms with Crippen LogP contribution in [-0.2, 0) is 4.79 Å². The van der Waals surface area contributed by atoms with Gasteiger partial charge in [0.25, 0.3) is 5.91 Å². The third-order valence-corrected chi connectivity index (χ3v) is 4.48. The number of benzene rings is 2. The molecule has 2 aromatic carbocycles. The standard InChI is InChI=1S/C23H31NO3/c1-6-20(27-22-15-17(4)11-12-18(22)5)23(25)24-13-14-26-21-10-8-7-9-19(21)16(2)3/h7-12,15-16,20H,6,13-14H2,1-5H3,(H,24,25). The van der Waals surface area contributed by atoms with Crippen molar-refractivity contribution in [3.05, 3.63) is 59.2 Å². The van der Waals surface area contributed by atoms with E-state index in [4.69, 9.17) is 9.47 Å². The number of rotatable bonds is 9. The molecular weight excluding hydrogens is 338 g/mol. The minimum atomic E-state index is -0.506. The maximum absolute atomic E-state index is 12.5. The van der Waals surface area contributed by atoms with Gasteiger partial charge in [-0.15, -0.1) is 0 Å². The zero-order valence-electron chi connectivity index (χ0n) is 17.0. The van der Waals surface area contributed by atoms with Crippen LogP contribution in [0.4, 0.5) is 0 Å². The fourth-order valence-electron chi connectivity index (χ4n) is 2.85. The number of hydrogen-bond donors (Lipinski definition) is 1. The molecule has 2 aromatic rings. The van der Waals surface area contributed by atoms with Gasteiger partial charge in [0.1, 0.15) is 18.1 Å². The predicted octanol–water partition coefficient (Wildman–Crippen LogP) is 4.78. The average molecular weight is 370 g/mol. The number of nitrogens with one attached hydrogen (secondary N) is 1. The summed E-state index contributed by atoms with van der Waals surface area (Å²) < 4.78 is 11.8. The molecule has 1 unspecified atom stereocenters. The van der Waals surface area contributed by atoms with Gasteiger partial charge in [-0.2, -0.15) is 0 Å². The lowest BCUT2D eigenvalue weighted by atomic mass is 10.0. The summed E-state index contributed by atoms with van der Waals surface area (Å²) in [4.78, 5) is 12.5. The summed E-state index contributed by atoms with van der Waals surface area (Å²) in [6, 6.07) is 14.0. The van der Waals surface area contributed by atoms with Crippen molar-refractivity contribution < 1.29 is 14.3 Å². The van der Waals surface area contributed by atoms with Gasteiger partial charge in [-0.1, -0.05) is 51.1 Å². The van der Waals surface area contributed by atoms with Gasteiger partial charge in [0, 0.05) is 0 Å². The molecule has 0 fully saturated rings. The van der Waals surface area contributed by atoms with Gasteiger partial charge in [-0.3, -0.25) is 4.79 Å². The van der Waals surface area contributed by atoms with Crippen LogP contribution >= 0.6 is 0 Å². The lowest BCUT2D eigenvalue weighted by molar-refractivity contribution is -0.128. The van der Waals surface area contributed by atoms with Crippen LogP contribution in [0.3, 0.4) is 0 Å². The Bertz CT molecular complexity index is 755. The largest absolute Gasteiger partial charge is 0.491 e. The van der Waals surface area contributed by atoms with E-state index in [1.54, 1.807) is 0 Å². The zero-order chi connectivity index (χ0) is 19.8. The molecule has 4 heteroatoms. The maximum Gasteiger partial charge on any atom is 0.261 e. The molecule has 1 N–H and O–H groups in total. The van der Waals surface area contributed by atoms with Crippen LogP contribution in [0.5, 0.6) is 11.5 Å². The zero-order valence-corrected chi connectivity index (χ0v) is 17.0. The Morgan fingerprint density at radius 1 is 1.07 bits per heavy atom. The molecule has 27 heavy (non-hydrogen) atoms. The molecular formula is C23H31NO3. The van der Waals surface area contributed by atoms with Crippen LogP contribution in [0, 0.1) is 13.8 Å². The quantitative estimate of drug-likeness (QED) is 0.647. The van der Waals surface area contributed by atoms with Gasteiger partial charge in [0.05, 0.1) is 6.54 Å². The van der Waals surface area contributed by atoms with E-state index >= 15 is 0 Å². The molecule has 0 aromatic heterocycles. The Kier molecular flexibility index (Phi) is 7.71. The minimum absolute atomic E-state index is 0.112. The summed E-state index contributed by atoms with van der Waals surface area (Å²) in [6.07, 6.45) is 0.101. The molecule has 0 aliphatic heterocycles. The smallest absolute Gasteiger partial charge is 0.261 e. The summed E-state index contributed by atoms with van der Waals surface area (Å²) in [5.74, 6) is 1.92. The summed E-state index contributed by atoms with van der Waals surface area (Å²) in [5, 5.41) is 2.92.